The second-order valence-electron chi connectivity index (χ2n) is 5.28. The van der Waals surface area contributed by atoms with E-state index in [1.165, 1.54) is 5.56 Å². The fourth-order valence-electron chi connectivity index (χ4n) is 2.95. The van der Waals surface area contributed by atoms with E-state index in [2.05, 4.69) is 5.32 Å². The Bertz CT molecular complexity index is 661. The Balaban J connectivity index is 2.05. The van der Waals surface area contributed by atoms with Crippen LogP contribution in [-0.4, -0.2) is 12.7 Å². The summed E-state index contributed by atoms with van der Waals surface area (Å²) >= 11 is 0. The Morgan fingerprint density at radius 2 is 1.76 bits per heavy atom. The van der Waals surface area contributed by atoms with Crippen LogP contribution >= 0.6 is 0 Å². The van der Waals surface area contributed by atoms with Crippen LogP contribution < -0.4 is 5.32 Å². The van der Waals surface area contributed by atoms with Gasteiger partial charge in [-0.2, -0.15) is 13.2 Å². The average molecular weight is 291 g/mol. The molecule has 0 aliphatic heterocycles. The smallest absolute Gasteiger partial charge is 0.303 e. The van der Waals surface area contributed by atoms with E-state index in [1.54, 1.807) is 19.1 Å². The molecule has 0 fully saturated rings. The third kappa shape index (κ3) is 2.56. The van der Waals surface area contributed by atoms with Gasteiger partial charge in [0.25, 0.3) is 0 Å². The predicted molar refractivity (Wildman–Crippen MR) is 77.2 cm³/mol. The van der Waals surface area contributed by atoms with Gasteiger partial charge in [0.1, 0.15) is 6.04 Å². The van der Waals surface area contributed by atoms with Crippen LogP contribution in [-0.2, 0) is 6.42 Å². The van der Waals surface area contributed by atoms with Gasteiger partial charge in [0.2, 0.25) is 0 Å². The second kappa shape index (κ2) is 5.19. The summed E-state index contributed by atoms with van der Waals surface area (Å²) in [4.78, 5) is 0. The fraction of sp³-hybridized carbons (Fsp3) is 0.294. The molecule has 0 bridgehead atoms. The zero-order valence-electron chi connectivity index (χ0n) is 11.7. The molecule has 21 heavy (non-hydrogen) atoms. The minimum Gasteiger partial charge on any atom is -0.303 e. The molecule has 4 heteroatoms. The third-order valence-electron chi connectivity index (χ3n) is 3.89. The molecule has 0 spiro atoms. The molecule has 0 radical (unpaired) electrons. The van der Waals surface area contributed by atoms with Gasteiger partial charge in [-0.1, -0.05) is 43.3 Å². The van der Waals surface area contributed by atoms with Gasteiger partial charge < -0.3 is 5.32 Å². The standard InChI is InChI=1S/C17H16F3N/c1-2-21-16(17(18,19)20)13-8-7-12-9-11-5-3-4-6-14(11)15(12)10-13/h3-8,10,16,21H,2,9H2,1H3. The van der Waals surface area contributed by atoms with Crippen LogP contribution in [0.15, 0.2) is 42.5 Å². The van der Waals surface area contributed by atoms with Crippen LogP contribution in [0.2, 0.25) is 0 Å². The summed E-state index contributed by atoms with van der Waals surface area (Å²) in [5, 5.41) is 2.53. The van der Waals surface area contributed by atoms with Gasteiger partial charge in [-0.25, -0.2) is 0 Å². The molecule has 1 unspecified atom stereocenters. The van der Waals surface area contributed by atoms with Crippen molar-refractivity contribution in [2.24, 2.45) is 0 Å². The van der Waals surface area contributed by atoms with Crippen LogP contribution in [0.5, 0.6) is 0 Å². The Morgan fingerprint density at radius 3 is 2.48 bits per heavy atom. The number of hydrogen-bond donors (Lipinski definition) is 1. The number of alkyl halides is 3. The van der Waals surface area contributed by atoms with Crippen molar-refractivity contribution in [1.82, 2.24) is 5.32 Å². The highest BCUT2D eigenvalue weighted by molar-refractivity contribution is 5.77. The van der Waals surface area contributed by atoms with Crippen LogP contribution in [0, 0.1) is 0 Å². The molecular formula is C17H16F3N. The van der Waals surface area contributed by atoms with E-state index in [1.807, 2.05) is 30.3 Å². The van der Waals surface area contributed by atoms with Gasteiger partial charge in [0, 0.05) is 0 Å². The van der Waals surface area contributed by atoms with Gasteiger partial charge in [-0.15, -0.1) is 0 Å². The van der Waals surface area contributed by atoms with Gasteiger partial charge in [0.15, 0.2) is 0 Å². The van der Waals surface area contributed by atoms with Gasteiger partial charge >= 0.3 is 6.18 Å². The Kier molecular flexibility index (Phi) is 3.49. The number of fused-ring (bicyclic) bond motifs is 3. The molecule has 0 aromatic heterocycles. The summed E-state index contributed by atoms with van der Waals surface area (Å²) in [5.74, 6) is 0. The molecule has 0 saturated carbocycles. The van der Waals surface area contributed by atoms with Crippen LogP contribution in [0.4, 0.5) is 13.2 Å². The van der Waals surface area contributed by atoms with Crippen LogP contribution in [0.25, 0.3) is 11.1 Å². The van der Waals surface area contributed by atoms with E-state index in [0.717, 1.165) is 23.1 Å². The van der Waals surface area contributed by atoms with Gasteiger partial charge in [-0.05, 0) is 46.8 Å². The first-order chi connectivity index (χ1) is 10.0. The van der Waals surface area contributed by atoms with E-state index in [4.69, 9.17) is 0 Å². The van der Waals surface area contributed by atoms with Crippen molar-refractivity contribution in [2.45, 2.75) is 25.6 Å². The maximum atomic E-state index is 13.2. The molecule has 1 nitrogen and oxygen atoms in total. The number of nitrogens with one attached hydrogen (secondary N) is 1. The molecule has 1 aliphatic carbocycles. The summed E-state index contributed by atoms with van der Waals surface area (Å²) in [6.45, 7) is 1.96. The fourth-order valence-corrected chi connectivity index (χ4v) is 2.95. The molecule has 2 aromatic rings. The van der Waals surface area contributed by atoms with Crippen LogP contribution in [0.1, 0.15) is 29.7 Å². The summed E-state index contributed by atoms with van der Waals surface area (Å²) in [7, 11) is 0. The van der Waals surface area contributed by atoms with Crippen molar-refractivity contribution < 1.29 is 13.2 Å². The summed E-state index contributed by atoms with van der Waals surface area (Å²) < 4.78 is 39.5. The highest BCUT2D eigenvalue weighted by Gasteiger charge is 2.40. The summed E-state index contributed by atoms with van der Waals surface area (Å²) in [6, 6.07) is 11.4. The van der Waals surface area contributed by atoms with Crippen molar-refractivity contribution in [3.8, 4) is 11.1 Å². The lowest BCUT2D eigenvalue weighted by atomic mass is 9.98. The van der Waals surface area contributed by atoms with Crippen molar-refractivity contribution in [1.29, 1.82) is 0 Å². The van der Waals surface area contributed by atoms with Crippen LogP contribution in [0.3, 0.4) is 0 Å². The molecule has 1 atom stereocenters. The molecule has 0 heterocycles. The normalized spacial score (nSPS) is 14.7. The zero-order valence-corrected chi connectivity index (χ0v) is 11.7. The Morgan fingerprint density at radius 1 is 1.05 bits per heavy atom. The van der Waals surface area contributed by atoms with E-state index >= 15 is 0 Å². The Labute approximate surface area is 121 Å². The first-order valence-electron chi connectivity index (χ1n) is 7.02. The lowest BCUT2D eigenvalue weighted by Crippen LogP contribution is -2.34. The predicted octanol–water partition coefficient (Wildman–Crippen LogP) is 4.47. The summed E-state index contributed by atoms with van der Waals surface area (Å²) in [5.41, 5.74) is 4.52. The molecular weight excluding hydrogens is 275 g/mol. The third-order valence-corrected chi connectivity index (χ3v) is 3.89. The highest BCUT2D eigenvalue weighted by atomic mass is 19.4. The van der Waals surface area contributed by atoms with Crippen molar-refractivity contribution in [3.05, 3.63) is 59.2 Å². The number of benzene rings is 2. The van der Waals surface area contributed by atoms with E-state index in [9.17, 15) is 13.2 Å². The topological polar surface area (TPSA) is 12.0 Å². The molecule has 2 aromatic carbocycles. The largest absolute Gasteiger partial charge is 0.407 e. The van der Waals surface area contributed by atoms with Gasteiger partial charge in [-0.3, -0.25) is 0 Å². The number of hydrogen-bond acceptors (Lipinski definition) is 1. The summed E-state index contributed by atoms with van der Waals surface area (Å²) in [6.07, 6.45) is -3.49. The first kappa shape index (κ1) is 14.1. The minimum absolute atomic E-state index is 0.276. The second-order valence-corrected chi connectivity index (χ2v) is 5.28. The molecule has 3 rings (SSSR count). The van der Waals surface area contributed by atoms with Crippen molar-refractivity contribution in [2.75, 3.05) is 6.54 Å². The van der Waals surface area contributed by atoms with E-state index in [0.29, 0.717) is 0 Å². The maximum absolute atomic E-state index is 13.2. The van der Waals surface area contributed by atoms with Crippen molar-refractivity contribution >= 4 is 0 Å². The average Bonchev–Trinajstić information content (AvgIpc) is 2.81. The SMILES string of the molecule is CCNC(c1ccc2c(c1)-c1ccccc1C2)C(F)(F)F. The number of halogens is 3. The lowest BCUT2D eigenvalue weighted by Gasteiger charge is -2.22. The molecule has 1 aliphatic rings. The quantitative estimate of drug-likeness (QED) is 0.750. The van der Waals surface area contributed by atoms with Crippen molar-refractivity contribution in [3.63, 3.8) is 0 Å². The Hall–Kier alpha value is -1.81. The molecule has 0 amide bonds. The lowest BCUT2D eigenvalue weighted by molar-refractivity contribution is -0.157. The monoisotopic (exact) mass is 291 g/mol. The minimum atomic E-state index is -4.29. The molecule has 1 N–H and O–H groups in total. The van der Waals surface area contributed by atoms with E-state index in [-0.39, 0.29) is 12.1 Å². The van der Waals surface area contributed by atoms with E-state index < -0.39 is 12.2 Å². The molecule has 0 saturated heterocycles. The number of rotatable bonds is 3. The van der Waals surface area contributed by atoms with Gasteiger partial charge in [0.05, 0.1) is 0 Å². The molecule has 110 valence electrons. The maximum Gasteiger partial charge on any atom is 0.407 e. The first-order valence-corrected chi connectivity index (χ1v) is 7.02. The zero-order chi connectivity index (χ0) is 15.0. The highest BCUT2D eigenvalue weighted by Crippen LogP contribution is 2.40.